The van der Waals surface area contributed by atoms with Crippen molar-refractivity contribution in [3.8, 4) is 11.5 Å². The van der Waals surface area contributed by atoms with Crippen molar-refractivity contribution in [1.29, 1.82) is 0 Å². The molecule has 2 aromatic heterocycles. The number of amides is 1. The van der Waals surface area contributed by atoms with Crippen molar-refractivity contribution in [2.45, 2.75) is 19.9 Å². The molecule has 3 N–H and O–H groups in total. The van der Waals surface area contributed by atoms with E-state index in [0.717, 1.165) is 5.56 Å². The van der Waals surface area contributed by atoms with E-state index >= 15 is 0 Å². The lowest BCUT2D eigenvalue weighted by Crippen LogP contribution is -2.42. The van der Waals surface area contributed by atoms with Gasteiger partial charge in [-0.3, -0.25) is 24.0 Å². The van der Waals surface area contributed by atoms with Gasteiger partial charge in [-0.1, -0.05) is 48.5 Å². The number of anilines is 2. The van der Waals surface area contributed by atoms with Gasteiger partial charge >= 0.3 is 5.69 Å². The van der Waals surface area contributed by atoms with Crippen LogP contribution in [0.2, 0.25) is 0 Å². The Morgan fingerprint density at radius 2 is 1.78 bits per heavy atom. The Labute approximate surface area is 207 Å². The number of H-pyrrole nitrogens is 1. The summed E-state index contributed by atoms with van der Waals surface area (Å²) < 4.78 is 12.1. The molecule has 0 fully saturated rings. The van der Waals surface area contributed by atoms with Gasteiger partial charge in [0.2, 0.25) is 5.89 Å². The van der Waals surface area contributed by atoms with Crippen LogP contribution in [0.1, 0.15) is 28.2 Å². The fraction of sp³-hybridized carbons (Fsp3) is 0.231. The number of rotatable bonds is 9. The van der Waals surface area contributed by atoms with Crippen LogP contribution in [-0.2, 0) is 11.3 Å². The summed E-state index contributed by atoms with van der Waals surface area (Å²) >= 11 is 0. The molecule has 0 saturated carbocycles. The molecule has 0 aliphatic carbocycles. The number of hydrogen-bond acceptors (Lipinski definition) is 7. The second kappa shape index (κ2) is 10.9. The summed E-state index contributed by atoms with van der Waals surface area (Å²) in [4.78, 5) is 47.3. The van der Waals surface area contributed by atoms with Crippen LogP contribution in [0.3, 0.4) is 0 Å². The summed E-state index contributed by atoms with van der Waals surface area (Å²) in [6.07, 6.45) is 0.418. The fourth-order valence-corrected chi connectivity index (χ4v) is 3.87. The van der Waals surface area contributed by atoms with Crippen molar-refractivity contribution < 1.29 is 13.9 Å². The summed E-state index contributed by atoms with van der Waals surface area (Å²) in [7, 11) is 1.54. The zero-order valence-corrected chi connectivity index (χ0v) is 20.1. The Kier molecular flexibility index (Phi) is 7.45. The first-order chi connectivity index (χ1) is 17.4. The Bertz CT molecular complexity index is 1460. The lowest BCUT2D eigenvalue weighted by atomic mass is 10.2. The first-order valence-corrected chi connectivity index (χ1v) is 11.4. The van der Waals surface area contributed by atoms with Crippen LogP contribution >= 0.6 is 0 Å². The summed E-state index contributed by atoms with van der Waals surface area (Å²) in [5.74, 6) is -0.119. The zero-order chi connectivity index (χ0) is 25.7. The van der Waals surface area contributed by atoms with Crippen LogP contribution in [0.15, 0.2) is 74.7 Å². The van der Waals surface area contributed by atoms with Crippen molar-refractivity contribution >= 4 is 17.4 Å². The lowest BCUT2D eigenvalue weighted by Gasteiger charge is -2.24. The minimum Gasteiger partial charge on any atom is -0.441 e. The maximum atomic E-state index is 13.7. The van der Waals surface area contributed by atoms with Gasteiger partial charge in [0.05, 0.1) is 6.54 Å². The number of ether oxygens (including phenoxy) is 1. The van der Waals surface area contributed by atoms with Gasteiger partial charge in [0.15, 0.2) is 11.4 Å². The van der Waals surface area contributed by atoms with E-state index in [1.165, 1.54) is 9.47 Å². The molecule has 36 heavy (non-hydrogen) atoms. The van der Waals surface area contributed by atoms with Gasteiger partial charge in [-0.25, -0.2) is 9.78 Å². The number of methoxy groups -OCH3 is 1. The molecule has 0 atom stereocenters. The van der Waals surface area contributed by atoms with E-state index < -0.39 is 17.2 Å². The Morgan fingerprint density at radius 3 is 2.44 bits per heavy atom. The molecule has 0 unspecified atom stereocenters. The molecule has 2 aromatic carbocycles. The second-order valence-corrected chi connectivity index (χ2v) is 8.16. The number of carbonyl (C=O) groups excluding carboxylic acids is 1. The maximum Gasteiger partial charge on any atom is 0.330 e. The fourth-order valence-electron chi connectivity index (χ4n) is 3.87. The number of benzene rings is 2. The molecule has 0 aliphatic heterocycles. The third-order valence-electron chi connectivity index (χ3n) is 5.66. The quantitative estimate of drug-likeness (QED) is 0.345. The van der Waals surface area contributed by atoms with Gasteiger partial charge in [-0.05, 0) is 31.0 Å². The number of nitrogen functional groups attached to an aromatic ring is 1. The van der Waals surface area contributed by atoms with Gasteiger partial charge in [0, 0.05) is 25.8 Å². The van der Waals surface area contributed by atoms with Crippen LogP contribution in [0, 0.1) is 6.92 Å². The van der Waals surface area contributed by atoms with Crippen molar-refractivity contribution in [2.75, 3.05) is 30.9 Å². The Hall–Kier alpha value is -4.44. The van der Waals surface area contributed by atoms with Gasteiger partial charge in [0.25, 0.3) is 11.5 Å². The van der Waals surface area contributed by atoms with E-state index in [0.29, 0.717) is 24.4 Å². The zero-order valence-electron chi connectivity index (χ0n) is 20.1. The molecule has 0 radical (unpaired) electrons. The third-order valence-corrected chi connectivity index (χ3v) is 5.66. The second-order valence-electron chi connectivity index (χ2n) is 8.16. The van der Waals surface area contributed by atoms with Crippen molar-refractivity contribution in [3.63, 3.8) is 0 Å². The molecule has 2 heterocycles. The van der Waals surface area contributed by atoms with E-state index in [9.17, 15) is 14.4 Å². The summed E-state index contributed by atoms with van der Waals surface area (Å²) in [6, 6.07) is 18.4. The van der Waals surface area contributed by atoms with E-state index in [-0.39, 0.29) is 36.2 Å². The number of oxazole rings is 1. The van der Waals surface area contributed by atoms with Gasteiger partial charge in [0.1, 0.15) is 11.6 Å². The standard InChI is InChI=1S/C26H27N5O5/c1-17-20(28-24(36-17)19-12-7-4-8-13-19)25(33)30(14-9-15-35-2)21-22(27)31(26(34)29-23(21)32)16-18-10-5-3-6-11-18/h3-8,10-13H,9,14-16,27H2,1-2H3,(H,29,32,34). The minimum atomic E-state index is -0.767. The smallest absolute Gasteiger partial charge is 0.330 e. The van der Waals surface area contributed by atoms with Crippen molar-refractivity contribution in [3.05, 3.63) is 98.5 Å². The molecule has 4 rings (SSSR count). The number of hydrogen-bond donors (Lipinski definition) is 2. The first kappa shape index (κ1) is 24.7. The first-order valence-electron chi connectivity index (χ1n) is 11.4. The summed E-state index contributed by atoms with van der Waals surface area (Å²) in [5, 5.41) is 0. The molecule has 0 aliphatic rings. The largest absolute Gasteiger partial charge is 0.441 e. The highest BCUT2D eigenvalue weighted by atomic mass is 16.5. The van der Waals surface area contributed by atoms with Crippen LogP contribution < -0.4 is 21.9 Å². The predicted molar refractivity (Wildman–Crippen MR) is 136 cm³/mol. The molecular weight excluding hydrogens is 462 g/mol. The molecule has 10 heteroatoms. The van der Waals surface area contributed by atoms with Crippen LogP contribution in [0.5, 0.6) is 0 Å². The van der Waals surface area contributed by atoms with E-state index in [1.54, 1.807) is 14.0 Å². The number of carbonyl (C=O) groups is 1. The number of aromatic nitrogens is 3. The monoisotopic (exact) mass is 489 g/mol. The molecular formula is C26H27N5O5. The van der Waals surface area contributed by atoms with Crippen LogP contribution in [0.4, 0.5) is 11.5 Å². The Balaban J connectivity index is 1.78. The lowest BCUT2D eigenvalue weighted by molar-refractivity contribution is 0.0977. The highest BCUT2D eigenvalue weighted by Crippen LogP contribution is 2.25. The molecule has 186 valence electrons. The molecule has 4 aromatic rings. The molecule has 0 bridgehead atoms. The van der Waals surface area contributed by atoms with Crippen LogP contribution in [0.25, 0.3) is 11.5 Å². The summed E-state index contributed by atoms with van der Waals surface area (Å²) in [5.41, 5.74) is 6.36. The molecule has 1 amide bonds. The number of aromatic amines is 1. The van der Waals surface area contributed by atoms with Crippen molar-refractivity contribution in [1.82, 2.24) is 14.5 Å². The SMILES string of the molecule is COCCCN(C(=O)c1nc(-c2ccccc2)oc1C)c1c(N)n(Cc2ccccc2)c(=O)[nH]c1=O. The minimum absolute atomic E-state index is 0.0471. The highest BCUT2D eigenvalue weighted by molar-refractivity contribution is 6.06. The topological polar surface area (TPSA) is 136 Å². The highest BCUT2D eigenvalue weighted by Gasteiger charge is 2.29. The van der Waals surface area contributed by atoms with E-state index in [2.05, 4.69) is 9.97 Å². The number of nitrogens with one attached hydrogen (secondary N) is 1. The van der Waals surface area contributed by atoms with Gasteiger partial charge in [-0.15, -0.1) is 0 Å². The molecule has 0 spiro atoms. The average molecular weight is 490 g/mol. The average Bonchev–Trinajstić information content (AvgIpc) is 3.28. The maximum absolute atomic E-state index is 13.7. The third kappa shape index (κ3) is 5.13. The van der Waals surface area contributed by atoms with Crippen LogP contribution in [-0.4, -0.2) is 40.7 Å². The number of aryl methyl sites for hydroxylation is 1. The van der Waals surface area contributed by atoms with E-state index in [1.807, 2.05) is 60.7 Å². The Morgan fingerprint density at radius 1 is 1.11 bits per heavy atom. The predicted octanol–water partition coefficient (Wildman–Crippen LogP) is 2.81. The summed E-state index contributed by atoms with van der Waals surface area (Å²) in [6.45, 7) is 2.20. The van der Waals surface area contributed by atoms with E-state index in [4.69, 9.17) is 14.9 Å². The normalized spacial score (nSPS) is 10.9. The number of nitrogens with two attached hydrogens (primary N) is 1. The van der Waals surface area contributed by atoms with Gasteiger partial charge in [-0.2, -0.15) is 0 Å². The molecule has 10 nitrogen and oxygen atoms in total. The van der Waals surface area contributed by atoms with Gasteiger partial charge < -0.3 is 14.9 Å². The number of nitrogens with zero attached hydrogens (tertiary/aromatic N) is 3. The van der Waals surface area contributed by atoms with Crippen molar-refractivity contribution in [2.24, 2.45) is 0 Å². The molecule has 0 saturated heterocycles.